The van der Waals surface area contributed by atoms with Crippen molar-refractivity contribution < 1.29 is 39.0 Å². The number of aliphatic carboxylic acids is 2. The summed E-state index contributed by atoms with van der Waals surface area (Å²) in [5, 5.41) is 26.9. The fraction of sp³-hybridized carbons (Fsp3) is 0.462. The lowest BCUT2D eigenvalue weighted by Gasteiger charge is -2.24. The molecule has 0 fully saturated rings. The van der Waals surface area contributed by atoms with Crippen molar-refractivity contribution in [3.63, 3.8) is 0 Å². The fourth-order valence-corrected chi connectivity index (χ4v) is 4.12. The lowest BCUT2D eigenvalue weighted by Crippen LogP contribution is -2.57. The van der Waals surface area contributed by atoms with Crippen LogP contribution in [0.5, 0.6) is 0 Å². The number of fused-ring (bicyclic) bond motifs is 1. The number of carbonyl (C=O) groups excluding carboxylic acids is 4. The second-order valence-electron chi connectivity index (χ2n) is 9.58. The Morgan fingerprint density at radius 3 is 2.12 bits per heavy atom. The molecule has 1 heterocycles. The molecule has 4 amide bonds. The molecule has 0 saturated carbocycles. The molecule has 0 saturated heterocycles. The van der Waals surface area contributed by atoms with Crippen LogP contribution in [-0.4, -0.2) is 81.5 Å². The number of carboxylic acid groups (broad SMARTS) is 2. The molecule has 0 aliphatic carbocycles. The van der Waals surface area contributed by atoms with Crippen LogP contribution < -0.4 is 33.2 Å². The Bertz CT molecular complexity index is 1250. The van der Waals surface area contributed by atoms with Crippen molar-refractivity contribution in [1.29, 1.82) is 0 Å². The summed E-state index contributed by atoms with van der Waals surface area (Å²) in [5.74, 6) is -6.09. The van der Waals surface area contributed by atoms with Crippen LogP contribution in [0.3, 0.4) is 0 Å². The van der Waals surface area contributed by atoms with E-state index in [1.165, 1.54) is 0 Å². The zero-order chi connectivity index (χ0) is 30.5. The molecule has 1 aromatic carbocycles. The number of amides is 4. The van der Waals surface area contributed by atoms with Gasteiger partial charge in [-0.25, -0.2) is 4.79 Å². The maximum absolute atomic E-state index is 13.1. The molecule has 4 unspecified atom stereocenters. The second kappa shape index (κ2) is 15.9. The third-order valence-corrected chi connectivity index (χ3v) is 6.34. The maximum Gasteiger partial charge on any atom is 0.326 e. The Labute approximate surface area is 235 Å². The molecule has 2 rings (SSSR count). The number of hydrogen-bond acceptors (Lipinski definition) is 8. The summed E-state index contributed by atoms with van der Waals surface area (Å²) >= 11 is 0. The van der Waals surface area contributed by atoms with Crippen LogP contribution in [0, 0.1) is 0 Å². The van der Waals surface area contributed by atoms with Gasteiger partial charge in [0, 0.05) is 29.9 Å². The molecule has 1 aromatic heterocycles. The van der Waals surface area contributed by atoms with Crippen LogP contribution >= 0.6 is 0 Å². The number of aromatic amines is 1. The van der Waals surface area contributed by atoms with E-state index in [9.17, 15) is 39.0 Å². The number of benzene rings is 1. The number of H-pyrrole nitrogens is 1. The van der Waals surface area contributed by atoms with Gasteiger partial charge >= 0.3 is 11.9 Å². The van der Waals surface area contributed by atoms with Gasteiger partial charge < -0.3 is 48.3 Å². The molecule has 15 nitrogen and oxygen atoms in total. The highest BCUT2D eigenvalue weighted by molar-refractivity contribution is 5.96. The Morgan fingerprint density at radius 2 is 1.49 bits per heavy atom. The Hall–Kier alpha value is -4.50. The molecule has 15 heteroatoms. The largest absolute Gasteiger partial charge is 0.481 e. The molecule has 4 atom stereocenters. The minimum absolute atomic E-state index is 0.0602. The van der Waals surface area contributed by atoms with Gasteiger partial charge in [0.2, 0.25) is 23.6 Å². The summed E-state index contributed by atoms with van der Waals surface area (Å²) < 4.78 is 0. The third-order valence-electron chi connectivity index (χ3n) is 6.34. The minimum Gasteiger partial charge on any atom is -0.481 e. The monoisotopic (exact) mass is 575 g/mol. The zero-order valence-corrected chi connectivity index (χ0v) is 22.4. The lowest BCUT2D eigenvalue weighted by atomic mass is 10.0. The zero-order valence-electron chi connectivity index (χ0n) is 22.4. The van der Waals surface area contributed by atoms with Crippen LogP contribution in [0.2, 0.25) is 0 Å². The minimum atomic E-state index is -1.65. The molecule has 12 N–H and O–H groups in total. The van der Waals surface area contributed by atoms with Crippen LogP contribution in [0.4, 0.5) is 0 Å². The summed E-state index contributed by atoms with van der Waals surface area (Å²) in [4.78, 5) is 76.2. The van der Waals surface area contributed by atoms with Crippen molar-refractivity contribution >= 4 is 46.5 Å². The number of carbonyl (C=O) groups is 6. The van der Waals surface area contributed by atoms with Gasteiger partial charge in [-0.2, -0.15) is 0 Å². The normalized spacial score (nSPS) is 13.9. The van der Waals surface area contributed by atoms with E-state index >= 15 is 0 Å². The van der Waals surface area contributed by atoms with Gasteiger partial charge in [-0.05, 0) is 43.9 Å². The molecular weight excluding hydrogens is 538 g/mol. The van der Waals surface area contributed by atoms with E-state index in [1.54, 1.807) is 30.5 Å². The molecule has 0 radical (unpaired) electrons. The van der Waals surface area contributed by atoms with E-state index in [-0.39, 0.29) is 25.7 Å². The smallest absolute Gasteiger partial charge is 0.326 e. The number of hydrogen-bond donors (Lipinski definition) is 9. The van der Waals surface area contributed by atoms with Gasteiger partial charge in [0.05, 0.1) is 12.5 Å². The van der Waals surface area contributed by atoms with E-state index < -0.39 is 66.2 Å². The predicted molar refractivity (Wildman–Crippen MR) is 147 cm³/mol. The van der Waals surface area contributed by atoms with E-state index in [4.69, 9.17) is 17.2 Å². The van der Waals surface area contributed by atoms with Gasteiger partial charge in [0.1, 0.15) is 18.1 Å². The highest BCUT2D eigenvalue weighted by Gasteiger charge is 2.32. The van der Waals surface area contributed by atoms with Crippen LogP contribution in [0.15, 0.2) is 30.5 Å². The number of nitrogens with two attached hydrogens (primary N) is 3. The molecule has 2 aromatic rings. The van der Waals surface area contributed by atoms with Crippen LogP contribution in [-0.2, 0) is 35.2 Å². The lowest BCUT2D eigenvalue weighted by molar-refractivity contribution is -0.143. The van der Waals surface area contributed by atoms with E-state index in [0.29, 0.717) is 24.9 Å². The number of unbranched alkanes of at least 4 members (excludes halogenated alkanes) is 1. The van der Waals surface area contributed by atoms with Gasteiger partial charge in [-0.3, -0.25) is 24.0 Å². The summed E-state index contributed by atoms with van der Waals surface area (Å²) in [6, 6.07) is 1.73. The van der Waals surface area contributed by atoms with Crippen molar-refractivity contribution in [1.82, 2.24) is 20.9 Å². The molecule has 0 aliphatic heterocycles. The van der Waals surface area contributed by atoms with Crippen molar-refractivity contribution in [3.8, 4) is 0 Å². The molecule has 0 spiro atoms. The van der Waals surface area contributed by atoms with Crippen molar-refractivity contribution in [3.05, 3.63) is 36.0 Å². The standard InChI is InChI=1S/C26H37N7O8/c27-10-4-3-7-18(31-23(37)16(28)8-9-21(29)34)24(38)32-19(12-22(35)36)25(39)33-20(26(40)41)11-14-13-30-17-6-2-1-5-15(14)17/h1-2,5-6,13,16,18-20,30H,3-4,7-12,27-28H2,(H2,29,34)(H,31,37)(H,32,38)(H,33,39)(H,35,36)(H,40,41). The van der Waals surface area contributed by atoms with Gasteiger partial charge in [0.15, 0.2) is 0 Å². The van der Waals surface area contributed by atoms with E-state index in [2.05, 4.69) is 20.9 Å². The van der Waals surface area contributed by atoms with E-state index in [1.807, 2.05) is 0 Å². The maximum atomic E-state index is 13.1. The third kappa shape index (κ3) is 10.5. The van der Waals surface area contributed by atoms with Gasteiger partial charge in [0.25, 0.3) is 0 Å². The van der Waals surface area contributed by atoms with Gasteiger partial charge in [-0.1, -0.05) is 18.2 Å². The first-order chi connectivity index (χ1) is 19.4. The van der Waals surface area contributed by atoms with Crippen LogP contribution in [0.25, 0.3) is 10.9 Å². The number of carboxylic acids is 2. The molecule has 224 valence electrons. The fourth-order valence-electron chi connectivity index (χ4n) is 4.12. The highest BCUT2D eigenvalue weighted by Crippen LogP contribution is 2.19. The first-order valence-electron chi connectivity index (χ1n) is 13.1. The Kier molecular flexibility index (Phi) is 12.7. The first-order valence-corrected chi connectivity index (χ1v) is 13.1. The summed E-state index contributed by atoms with van der Waals surface area (Å²) in [6.45, 7) is 0.317. The highest BCUT2D eigenvalue weighted by atomic mass is 16.4. The summed E-state index contributed by atoms with van der Waals surface area (Å²) in [5.41, 5.74) is 17.8. The first kappa shape index (κ1) is 32.7. The van der Waals surface area contributed by atoms with E-state index in [0.717, 1.165) is 10.9 Å². The Balaban J connectivity index is 2.16. The SMILES string of the molecule is NCCCCC(NC(=O)C(N)CCC(N)=O)C(=O)NC(CC(=O)O)C(=O)NC(Cc1c[nH]c2ccccc12)C(=O)O. The second-order valence-corrected chi connectivity index (χ2v) is 9.58. The molecular formula is C26H37N7O8. The average molecular weight is 576 g/mol. The van der Waals surface area contributed by atoms with Crippen molar-refractivity contribution in [2.45, 2.75) is 69.1 Å². The topological polar surface area (TPSA) is 273 Å². The van der Waals surface area contributed by atoms with Gasteiger partial charge in [-0.15, -0.1) is 0 Å². The van der Waals surface area contributed by atoms with Crippen molar-refractivity contribution in [2.75, 3.05) is 6.54 Å². The number of nitrogens with one attached hydrogen (secondary N) is 4. The molecule has 0 bridgehead atoms. The number of rotatable bonds is 18. The van der Waals surface area contributed by atoms with Crippen molar-refractivity contribution in [2.24, 2.45) is 17.2 Å². The molecule has 41 heavy (non-hydrogen) atoms. The number of aromatic nitrogens is 1. The number of para-hydroxylation sites is 1. The van der Waals surface area contributed by atoms with Crippen LogP contribution in [0.1, 0.15) is 44.1 Å². The average Bonchev–Trinajstić information content (AvgIpc) is 3.32. The number of primary amides is 1. The predicted octanol–water partition coefficient (Wildman–Crippen LogP) is -1.55. The summed E-state index contributed by atoms with van der Waals surface area (Å²) in [6.07, 6.45) is 1.47. The quantitative estimate of drug-likeness (QED) is 0.0922. The summed E-state index contributed by atoms with van der Waals surface area (Å²) in [7, 11) is 0. The molecule has 0 aliphatic rings. The Morgan fingerprint density at radius 1 is 0.854 bits per heavy atom.